The van der Waals surface area contributed by atoms with Crippen LogP contribution in [0, 0.1) is 0 Å². The molecule has 2 heterocycles. The number of methoxy groups -OCH3 is 3. The van der Waals surface area contributed by atoms with Gasteiger partial charge < -0.3 is 14.2 Å². The van der Waals surface area contributed by atoms with Crippen LogP contribution in [-0.2, 0) is 12.2 Å². The maximum Gasteiger partial charge on any atom is 0.253 e. The molecule has 0 saturated carbocycles. The predicted octanol–water partition coefficient (Wildman–Crippen LogP) is 5.01. The van der Waals surface area contributed by atoms with E-state index in [4.69, 9.17) is 30.8 Å². The summed E-state index contributed by atoms with van der Waals surface area (Å²) in [6.07, 6.45) is 2.68. The lowest BCUT2D eigenvalue weighted by atomic mass is 9.82. The van der Waals surface area contributed by atoms with Crippen molar-refractivity contribution in [2.75, 3.05) is 21.3 Å². The molecule has 0 saturated heterocycles. The lowest BCUT2D eigenvalue weighted by molar-refractivity contribution is 0.0962. The number of nitrogens with zero attached hydrogens (tertiary/aromatic N) is 4. The lowest BCUT2D eigenvalue weighted by Gasteiger charge is -2.24. The van der Waals surface area contributed by atoms with E-state index in [2.05, 4.69) is 10.1 Å². The maximum absolute atomic E-state index is 13.1. The van der Waals surface area contributed by atoms with Crippen molar-refractivity contribution in [2.24, 2.45) is 0 Å². The number of hydrogen-bond acceptors (Lipinski definition) is 8. The van der Waals surface area contributed by atoms with E-state index in [1.807, 2.05) is 36.4 Å². The van der Waals surface area contributed by atoms with Gasteiger partial charge in [0.1, 0.15) is 0 Å². The quantitative estimate of drug-likeness (QED) is 0.321. The number of halogens is 1. The van der Waals surface area contributed by atoms with E-state index < -0.39 is 0 Å². The first-order chi connectivity index (χ1) is 17.0. The number of carbonyl (C=O) groups is 1. The normalized spacial score (nSPS) is 15.2. The number of Topliss-reactive ketones (excluding diaryl/α,β-unsaturated/α-hetero) is 1. The van der Waals surface area contributed by atoms with Crippen molar-refractivity contribution in [3.05, 3.63) is 70.0 Å². The molecule has 0 amide bonds. The zero-order valence-corrected chi connectivity index (χ0v) is 21.0. The van der Waals surface area contributed by atoms with Crippen molar-refractivity contribution < 1.29 is 19.0 Å². The van der Waals surface area contributed by atoms with Crippen molar-refractivity contribution in [1.82, 2.24) is 19.6 Å². The molecule has 5 rings (SSSR count). The largest absolute Gasteiger partial charge is 0.493 e. The summed E-state index contributed by atoms with van der Waals surface area (Å²) < 4.78 is 18.0. The van der Waals surface area contributed by atoms with Gasteiger partial charge in [-0.25, -0.2) is 9.50 Å². The molecule has 1 aliphatic rings. The summed E-state index contributed by atoms with van der Waals surface area (Å²) in [4.78, 5) is 22.3. The molecule has 0 radical (unpaired) electrons. The number of fused-ring (bicyclic) bond motifs is 2. The van der Waals surface area contributed by atoms with E-state index in [-0.39, 0.29) is 11.7 Å². The zero-order valence-electron chi connectivity index (χ0n) is 19.4. The summed E-state index contributed by atoms with van der Waals surface area (Å²) in [5.41, 5.74) is 3.31. The highest BCUT2D eigenvalue weighted by molar-refractivity contribution is 7.98. The Morgan fingerprint density at radius 3 is 2.51 bits per heavy atom. The van der Waals surface area contributed by atoms with E-state index in [1.165, 1.54) is 11.8 Å². The van der Waals surface area contributed by atoms with Gasteiger partial charge in [0, 0.05) is 23.4 Å². The van der Waals surface area contributed by atoms with Crippen molar-refractivity contribution in [2.45, 2.75) is 29.7 Å². The summed E-state index contributed by atoms with van der Waals surface area (Å²) in [5, 5.41) is 5.79. The van der Waals surface area contributed by atoms with Gasteiger partial charge in [0.05, 0.1) is 32.6 Å². The van der Waals surface area contributed by atoms with Gasteiger partial charge in [0.2, 0.25) is 10.9 Å². The Bertz CT molecular complexity index is 1400. The fourth-order valence-corrected chi connectivity index (χ4v) is 5.25. The number of hydrogen-bond donors (Lipinski definition) is 0. The van der Waals surface area contributed by atoms with Crippen molar-refractivity contribution in [3.63, 3.8) is 0 Å². The second-order valence-corrected chi connectivity index (χ2v) is 9.52. The molecule has 0 aliphatic heterocycles. The molecule has 0 spiro atoms. The van der Waals surface area contributed by atoms with Crippen molar-refractivity contribution in [1.29, 1.82) is 0 Å². The number of ether oxygens (including phenoxy) is 3. The maximum atomic E-state index is 13.1. The first kappa shape index (κ1) is 23.4. The number of ketones is 1. The van der Waals surface area contributed by atoms with Crippen LogP contribution in [0.2, 0.25) is 5.02 Å². The van der Waals surface area contributed by atoms with Crippen LogP contribution in [-0.4, -0.2) is 46.7 Å². The lowest BCUT2D eigenvalue weighted by Crippen LogP contribution is -2.21. The third-order valence-corrected chi connectivity index (χ3v) is 7.12. The molecule has 8 nitrogen and oxygen atoms in total. The molecule has 2 aromatic carbocycles. The van der Waals surface area contributed by atoms with Crippen LogP contribution < -0.4 is 14.2 Å². The van der Waals surface area contributed by atoms with Crippen LogP contribution in [0.25, 0.3) is 5.78 Å². The van der Waals surface area contributed by atoms with E-state index in [9.17, 15) is 4.79 Å². The Balaban J connectivity index is 1.42. The summed E-state index contributed by atoms with van der Waals surface area (Å²) in [6, 6.07) is 11.5. The molecule has 35 heavy (non-hydrogen) atoms. The van der Waals surface area contributed by atoms with Crippen LogP contribution >= 0.6 is 23.4 Å². The number of carbonyl (C=O) groups excluding carboxylic acids is 1. The molecule has 0 bridgehead atoms. The number of aromatic nitrogens is 4. The molecule has 2 aromatic heterocycles. The minimum Gasteiger partial charge on any atom is -0.493 e. The highest BCUT2D eigenvalue weighted by Crippen LogP contribution is 2.42. The van der Waals surface area contributed by atoms with Crippen LogP contribution in [0.4, 0.5) is 0 Å². The minimum absolute atomic E-state index is 0.0167. The van der Waals surface area contributed by atoms with Crippen LogP contribution in [0.15, 0.2) is 47.8 Å². The Morgan fingerprint density at radius 1 is 1.06 bits per heavy atom. The summed E-state index contributed by atoms with van der Waals surface area (Å²) in [6.45, 7) is 0. The van der Waals surface area contributed by atoms with Gasteiger partial charge in [0.25, 0.3) is 5.78 Å². The van der Waals surface area contributed by atoms with E-state index in [1.54, 1.807) is 32.0 Å². The summed E-state index contributed by atoms with van der Waals surface area (Å²) in [7, 11) is 4.72. The van der Waals surface area contributed by atoms with Gasteiger partial charge in [-0.05, 0) is 47.7 Å². The molecule has 1 atom stereocenters. The average molecular weight is 511 g/mol. The molecular formula is C25H23ClN4O4S. The van der Waals surface area contributed by atoms with Gasteiger partial charge >= 0.3 is 0 Å². The first-order valence-corrected chi connectivity index (χ1v) is 12.3. The highest BCUT2D eigenvalue weighted by atomic mass is 35.5. The van der Waals surface area contributed by atoms with Gasteiger partial charge in [0.15, 0.2) is 17.3 Å². The molecule has 10 heteroatoms. The van der Waals surface area contributed by atoms with E-state index >= 15 is 0 Å². The third-order valence-electron chi connectivity index (χ3n) is 5.98. The Hall–Kier alpha value is -3.30. The van der Waals surface area contributed by atoms with Crippen molar-refractivity contribution in [3.8, 4) is 17.2 Å². The fraction of sp³-hybridized carbons (Fsp3) is 0.280. The monoisotopic (exact) mass is 510 g/mol. The summed E-state index contributed by atoms with van der Waals surface area (Å²) in [5.74, 6) is 2.73. The molecule has 1 aliphatic carbocycles. The molecule has 0 fully saturated rings. The number of thioether (sulfide) groups is 1. The van der Waals surface area contributed by atoms with E-state index in [0.717, 1.165) is 11.1 Å². The molecule has 180 valence electrons. The average Bonchev–Trinajstić information content (AvgIpc) is 3.27. The fourth-order valence-electron chi connectivity index (χ4n) is 4.27. The van der Waals surface area contributed by atoms with Crippen LogP contribution in [0.3, 0.4) is 0 Å². The standard InChI is InChI=1S/C25H23ClN4O4S/c1-32-21-10-16(11-22(33-2)23(21)34-3)15-8-19-18(20(31)9-15)12-30-24(27-19)28-25(29-30)35-13-14-5-4-6-17(26)7-14/h4-7,10-12,15H,8-9,13H2,1-3H3/t15-/m0/s1. The first-order valence-electron chi connectivity index (χ1n) is 11.0. The molecule has 0 unspecified atom stereocenters. The smallest absolute Gasteiger partial charge is 0.253 e. The third kappa shape index (κ3) is 4.66. The Morgan fingerprint density at radius 2 is 1.83 bits per heavy atom. The second kappa shape index (κ2) is 9.75. The van der Waals surface area contributed by atoms with Gasteiger partial charge in [-0.3, -0.25) is 4.79 Å². The Kier molecular flexibility index (Phi) is 6.53. The van der Waals surface area contributed by atoms with Gasteiger partial charge in [-0.2, -0.15) is 4.98 Å². The van der Waals surface area contributed by atoms with Crippen molar-refractivity contribution >= 4 is 34.9 Å². The Labute approximate surface area is 211 Å². The number of rotatable bonds is 7. The van der Waals surface area contributed by atoms with Crippen LogP contribution in [0.1, 0.15) is 39.5 Å². The second-order valence-electron chi connectivity index (χ2n) is 8.15. The predicted molar refractivity (Wildman–Crippen MR) is 133 cm³/mol. The highest BCUT2D eigenvalue weighted by Gasteiger charge is 2.30. The van der Waals surface area contributed by atoms with E-state index in [0.29, 0.717) is 63.1 Å². The molecular weight excluding hydrogens is 488 g/mol. The van der Waals surface area contributed by atoms with Gasteiger partial charge in [-0.15, -0.1) is 5.10 Å². The van der Waals surface area contributed by atoms with Crippen LogP contribution in [0.5, 0.6) is 17.2 Å². The number of benzene rings is 2. The molecule has 0 N–H and O–H groups in total. The zero-order chi connectivity index (χ0) is 24.5. The summed E-state index contributed by atoms with van der Waals surface area (Å²) >= 11 is 7.57. The minimum atomic E-state index is -0.0711. The van der Waals surface area contributed by atoms with Gasteiger partial charge in [-0.1, -0.05) is 35.5 Å². The topological polar surface area (TPSA) is 87.8 Å². The SMILES string of the molecule is COc1cc([C@@H]2CC(=O)c3cn4nc(SCc5cccc(Cl)c5)nc4nc3C2)cc(OC)c1OC. The molecule has 4 aromatic rings.